The largest absolute Gasteiger partial charge is 0.473 e. The molecule has 2 saturated heterocycles. The average molecular weight is 524 g/mol. The molecule has 5 heterocycles. The first-order chi connectivity index (χ1) is 19.0. The molecule has 3 aromatic rings. The molecule has 0 saturated carbocycles. The highest BCUT2D eigenvalue weighted by Crippen LogP contribution is 2.46. The molecule has 0 radical (unpaired) electrons. The Balaban J connectivity index is 0.000000146. The van der Waals surface area contributed by atoms with Gasteiger partial charge in [0.1, 0.15) is 0 Å². The zero-order valence-electron chi connectivity index (χ0n) is 21.0. The van der Waals surface area contributed by atoms with Crippen LogP contribution in [0.3, 0.4) is 0 Å². The molecule has 9 nitrogen and oxygen atoms in total. The first-order valence-corrected chi connectivity index (χ1v) is 12.1. The standard InChI is InChI=1S/C14H11NO3.C10H7NO2.C4H4O.C2H3N/c16-13-11-9-6-7-10(18-9)12(11)14(17)15(13)8-4-2-1-3-5-8;12-9-6-7-10(13)11(9)8-4-2-1-3-5-8;1-2-4-5-3-1;1-2-3/h1-7,9-12H;1-7H;1-4H;1H3. The van der Waals surface area contributed by atoms with Crippen LogP contribution in [0.4, 0.5) is 11.4 Å². The fourth-order valence-electron chi connectivity index (χ4n) is 4.59. The Bertz CT molecular complexity index is 1340. The molecule has 9 heteroatoms. The van der Waals surface area contributed by atoms with E-state index in [1.807, 2.05) is 48.6 Å². The predicted octanol–water partition coefficient (Wildman–Crippen LogP) is 4.05. The number of benzene rings is 2. The van der Waals surface area contributed by atoms with Crippen molar-refractivity contribution in [2.75, 3.05) is 9.80 Å². The minimum atomic E-state index is -0.326. The third kappa shape index (κ3) is 5.76. The van der Waals surface area contributed by atoms with Crippen molar-refractivity contribution in [1.29, 1.82) is 5.26 Å². The van der Waals surface area contributed by atoms with E-state index in [4.69, 9.17) is 10.00 Å². The number of carbonyl (C=O) groups is 4. The van der Waals surface area contributed by atoms with Crippen molar-refractivity contribution >= 4 is 35.0 Å². The second-order valence-electron chi connectivity index (χ2n) is 8.55. The van der Waals surface area contributed by atoms with Crippen LogP contribution in [0.1, 0.15) is 6.92 Å². The Morgan fingerprint density at radius 1 is 0.667 bits per heavy atom. The molecular formula is C30H25N3O6. The molecule has 7 rings (SSSR count). The lowest BCUT2D eigenvalue weighted by atomic mass is 9.85. The Hall–Kier alpha value is -5.07. The molecule has 1 aromatic heterocycles. The predicted molar refractivity (Wildman–Crippen MR) is 142 cm³/mol. The maximum atomic E-state index is 12.4. The average Bonchev–Trinajstić information content (AvgIpc) is 3.79. The number of anilines is 2. The summed E-state index contributed by atoms with van der Waals surface area (Å²) in [5, 5.41) is 7.32. The number of fused-ring (bicyclic) bond motifs is 5. The van der Waals surface area contributed by atoms with Crippen LogP contribution >= 0.6 is 0 Å². The molecular weight excluding hydrogens is 498 g/mol. The number of nitrogens with zero attached hydrogens (tertiary/aromatic N) is 3. The lowest BCUT2D eigenvalue weighted by Crippen LogP contribution is -2.34. The van der Waals surface area contributed by atoms with Crippen LogP contribution in [0.15, 0.2) is 114 Å². The second-order valence-corrected chi connectivity index (χ2v) is 8.55. The first-order valence-electron chi connectivity index (χ1n) is 12.1. The molecule has 4 amide bonds. The summed E-state index contributed by atoms with van der Waals surface area (Å²) in [6.07, 6.45) is 9.15. The summed E-state index contributed by atoms with van der Waals surface area (Å²) in [6.45, 7) is 1.43. The topological polar surface area (TPSA) is 121 Å². The fourth-order valence-corrected chi connectivity index (χ4v) is 4.59. The van der Waals surface area contributed by atoms with Gasteiger partial charge in [0.25, 0.3) is 11.8 Å². The molecule has 0 aliphatic carbocycles. The maximum absolute atomic E-state index is 12.4. The summed E-state index contributed by atoms with van der Waals surface area (Å²) in [6, 6.07) is 23.4. The van der Waals surface area contributed by atoms with E-state index in [9.17, 15) is 19.2 Å². The van der Waals surface area contributed by atoms with Crippen molar-refractivity contribution in [2.45, 2.75) is 19.1 Å². The SMILES string of the molecule is CC#N.O=C1C2C3C=CC(O3)C2C(=O)N1c1ccccc1.O=C1C=CC(=O)N1c1ccccc1.c1ccoc1. The highest BCUT2D eigenvalue weighted by Gasteiger charge is 2.60. The van der Waals surface area contributed by atoms with Crippen molar-refractivity contribution in [3.8, 4) is 6.07 Å². The van der Waals surface area contributed by atoms with Gasteiger partial charge in [-0.1, -0.05) is 48.6 Å². The molecule has 2 fully saturated rings. The maximum Gasteiger partial charge on any atom is 0.258 e. The number of hydrogen-bond donors (Lipinski definition) is 0. The third-order valence-corrected chi connectivity index (χ3v) is 6.17. The van der Waals surface area contributed by atoms with Gasteiger partial charge in [0, 0.05) is 19.1 Å². The molecule has 4 unspecified atom stereocenters. The summed E-state index contributed by atoms with van der Waals surface area (Å²) in [5.74, 6) is -1.48. The van der Waals surface area contributed by atoms with E-state index in [0.717, 1.165) is 4.90 Å². The van der Waals surface area contributed by atoms with Gasteiger partial charge in [-0.3, -0.25) is 19.2 Å². The van der Waals surface area contributed by atoms with Gasteiger partial charge in [-0.2, -0.15) is 5.26 Å². The van der Waals surface area contributed by atoms with E-state index in [0.29, 0.717) is 11.4 Å². The molecule has 4 atom stereocenters. The van der Waals surface area contributed by atoms with Gasteiger partial charge < -0.3 is 9.15 Å². The van der Waals surface area contributed by atoms with Gasteiger partial charge in [0.15, 0.2) is 0 Å². The van der Waals surface area contributed by atoms with E-state index in [-0.39, 0.29) is 47.7 Å². The van der Waals surface area contributed by atoms with Gasteiger partial charge in [0.2, 0.25) is 11.8 Å². The molecule has 0 N–H and O–H groups in total. The number of hydrogen-bond acceptors (Lipinski definition) is 7. The molecule has 4 aliphatic rings. The summed E-state index contributed by atoms with van der Waals surface area (Å²) in [4.78, 5) is 49.6. The zero-order chi connectivity index (χ0) is 27.8. The number of ether oxygens (including phenoxy) is 1. The molecule has 0 spiro atoms. The Kier molecular flexibility index (Phi) is 8.61. The number of nitriles is 1. The minimum absolute atomic E-state index is 0.131. The van der Waals surface area contributed by atoms with Crippen molar-refractivity contribution in [2.24, 2.45) is 11.8 Å². The van der Waals surface area contributed by atoms with Gasteiger partial charge in [-0.15, -0.1) is 0 Å². The molecule has 4 aliphatic heterocycles. The molecule has 39 heavy (non-hydrogen) atoms. The number of rotatable bonds is 2. The van der Waals surface area contributed by atoms with E-state index >= 15 is 0 Å². The van der Waals surface area contributed by atoms with Crippen LogP contribution in [0.25, 0.3) is 0 Å². The van der Waals surface area contributed by atoms with Crippen molar-refractivity contribution in [1.82, 2.24) is 0 Å². The van der Waals surface area contributed by atoms with Crippen molar-refractivity contribution < 1.29 is 28.3 Å². The minimum Gasteiger partial charge on any atom is -0.473 e. The smallest absolute Gasteiger partial charge is 0.258 e. The molecule has 2 bridgehead atoms. The van der Waals surface area contributed by atoms with Crippen LogP contribution in [-0.2, 0) is 23.9 Å². The summed E-state index contributed by atoms with van der Waals surface area (Å²) in [5.41, 5.74) is 1.27. The third-order valence-electron chi connectivity index (χ3n) is 6.17. The van der Waals surface area contributed by atoms with Crippen molar-refractivity contribution in [3.05, 3.63) is 110 Å². The number of furan rings is 1. The summed E-state index contributed by atoms with van der Waals surface area (Å²) >= 11 is 0. The van der Waals surface area contributed by atoms with E-state index in [1.54, 1.807) is 55.0 Å². The summed E-state index contributed by atoms with van der Waals surface area (Å²) < 4.78 is 10.2. The quantitative estimate of drug-likeness (QED) is 0.367. The van der Waals surface area contributed by atoms with Crippen LogP contribution in [-0.4, -0.2) is 35.8 Å². The highest BCUT2D eigenvalue weighted by atomic mass is 16.5. The van der Waals surface area contributed by atoms with Gasteiger partial charge in [-0.05, 0) is 36.4 Å². The fraction of sp³-hybridized carbons (Fsp3) is 0.167. The van der Waals surface area contributed by atoms with Gasteiger partial charge >= 0.3 is 0 Å². The monoisotopic (exact) mass is 523 g/mol. The van der Waals surface area contributed by atoms with Crippen LogP contribution in [0.2, 0.25) is 0 Å². The number of para-hydroxylation sites is 2. The van der Waals surface area contributed by atoms with Crippen LogP contribution in [0, 0.1) is 23.2 Å². The normalized spacial score (nSPS) is 23.3. The molecule has 196 valence electrons. The highest BCUT2D eigenvalue weighted by molar-refractivity contribution is 6.28. The lowest BCUT2D eigenvalue weighted by molar-refractivity contribution is -0.125. The van der Waals surface area contributed by atoms with Crippen molar-refractivity contribution in [3.63, 3.8) is 0 Å². The number of carbonyl (C=O) groups excluding carboxylic acids is 4. The van der Waals surface area contributed by atoms with Gasteiger partial charge in [-0.25, -0.2) is 9.80 Å². The Morgan fingerprint density at radius 2 is 1.08 bits per heavy atom. The summed E-state index contributed by atoms with van der Waals surface area (Å²) in [7, 11) is 0. The number of imide groups is 2. The number of amides is 4. The molecule has 2 aromatic carbocycles. The zero-order valence-corrected chi connectivity index (χ0v) is 21.0. The first kappa shape index (κ1) is 27.0. The second kappa shape index (κ2) is 12.4. The Morgan fingerprint density at radius 3 is 1.46 bits per heavy atom. The van der Waals surface area contributed by atoms with Crippen LogP contribution in [0.5, 0.6) is 0 Å². The van der Waals surface area contributed by atoms with Crippen LogP contribution < -0.4 is 9.80 Å². The van der Waals surface area contributed by atoms with E-state index in [2.05, 4.69) is 4.42 Å². The lowest BCUT2D eigenvalue weighted by Gasteiger charge is -2.17. The Labute approximate surface area is 225 Å². The van der Waals surface area contributed by atoms with Gasteiger partial charge in [0.05, 0.1) is 54.0 Å². The van der Waals surface area contributed by atoms with E-state index < -0.39 is 0 Å². The van der Waals surface area contributed by atoms with E-state index in [1.165, 1.54) is 24.0 Å².